The van der Waals surface area contributed by atoms with Gasteiger partial charge in [-0.25, -0.2) is 0 Å². The zero-order valence-corrected chi connectivity index (χ0v) is 15.9. The zero-order valence-electron chi connectivity index (χ0n) is 15.1. The van der Waals surface area contributed by atoms with E-state index in [2.05, 4.69) is 10.6 Å². The van der Waals surface area contributed by atoms with Gasteiger partial charge in [0.2, 0.25) is 11.8 Å². The maximum atomic E-state index is 12.9. The second-order valence-corrected chi connectivity index (χ2v) is 6.62. The molecule has 28 heavy (non-hydrogen) atoms. The van der Waals surface area contributed by atoms with E-state index in [0.29, 0.717) is 5.76 Å². The quantitative estimate of drug-likeness (QED) is 0.720. The Bertz CT molecular complexity index is 825. The van der Waals surface area contributed by atoms with Gasteiger partial charge in [-0.1, -0.05) is 11.6 Å². The molecule has 152 valence electrons. The van der Waals surface area contributed by atoms with Gasteiger partial charge < -0.3 is 15.1 Å². The Hall–Kier alpha value is -2.52. The predicted octanol–water partition coefficient (Wildman–Crippen LogP) is 3.70. The van der Waals surface area contributed by atoms with Gasteiger partial charge in [0.1, 0.15) is 5.76 Å². The molecule has 0 fully saturated rings. The first-order valence-electron chi connectivity index (χ1n) is 8.24. The van der Waals surface area contributed by atoms with Crippen LogP contribution in [-0.2, 0) is 15.8 Å². The van der Waals surface area contributed by atoms with E-state index in [1.807, 2.05) is 0 Å². The molecular weight excluding hydrogens is 399 g/mol. The third-order valence-corrected chi connectivity index (χ3v) is 4.06. The van der Waals surface area contributed by atoms with Gasteiger partial charge in [0.15, 0.2) is 0 Å². The normalized spacial score (nSPS) is 12.7. The van der Waals surface area contributed by atoms with Crippen LogP contribution in [0.25, 0.3) is 0 Å². The Balaban J connectivity index is 1.86. The van der Waals surface area contributed by atoms with Crippen LogP contribution in [0, 0.1) is 0 Å². The minimum atomic E-state index is -4.63. The summed E-state index contributed by atoms with van der Waals surface area (Å²) in [5.74, 6) is -0.299. The van der Waals surface area contributed by atoms with Gasteiger partial charge in [0.05, 0.1) is 36.0 Å². The summed E-state index contributed by atoms with van der Waals surface area (Å²) < 4.78 is 43.8. The minimum Gasteiger partial charge on any atom is -0.467 e. The zero-order chi connectivity index (χ0) is 20.9. The maximum Gasteiger partial charge on any atom is 0.417 e. The molecule has 2 rings (SSSR count). The first kappa shape index (κ1) is 21.8. The van der Waals surface area contributed by atoms with Gasteiger partial charge in [-0.05, 0) is 44.3 Å². The highest BCUT2D eigenvalue weighted by Gasteiger charge is 2.33. The number of furan rings is 1. The lowest BCUT2D eigenvalue weighted by molar-refractivity contribution is -0.137. The number of likely N-dealkylation sites (N-methyl/N-ethyl adjacent to an activating group) is 1. The molecule has 1 aromatic carbocycles. The molecule has 0 radical (unpaired) electrons. The Labute approximate surface area is 164 Å². The van der Waals surface area contributed by atoms with Crippen molar-refractivity contribution >= 4 is 29.1 Å². The van der Waals surface area contributed by atoms with E-state index in [1.54, 1.807) is 26.1 Å². The van der Waals surface area contributed by atoms with E-state index in [4.69, 9.17) is 16.0 Å². The Morgan fingerprint density at radius 3 is 2.50 bits per heavy atom. The van der Waals surface area contributed by atoms with Crippen LogP contribution in [0.4, 0.5) is 18.9 Å². The maximum absolute atomic E-state index is 12.9. The van der Waals surface area contributed by atoms with Crippen molar-refractivity contribution in [2.45, 2.75) is 19.1 Å². The lowest BCUT2D eigenvalue weighted by Crippen LogP contribution is -2.39. The predicted molar refractivity (Wildman–Crippen MR) is 97.8 cm³/mol. The average molecular weight is 418 g/mol. The molecule has 0 saturated carbocycles. The van der Waals surface area contributed by atoms with Gasteiger partial charge in [0, 0.05) is 5.69 Å². The molecule has 2 N–H and O–H groups in total. The lowest BCUT2D eigenvalue weighted by Gasteiger charge is -2.18. The fourth-order valence-electron chi connectivity index (χ4n) is 2.46. The van der Waals surface area contributed by atoms with Crippen LogP contribution in [-0.4, -0.2) is 36.9 Å². The van der Waals surface area contributed by atoms with Crippen molar-refractivity contribution in [3.8, 4) is 0 Å². The van der Waals surface area contributed by atoms with E-state index in [1.165, 1.54) is 17.2 Å². The van der Waals surface area contributed by atoms with Crippen LogP contribution >= 0.6 is 11.6 Å². The van der Waals surface area contributed by atoms with Crippen LogP contribution in [0.2, 0.25) is 5.02 Å². The fourth-order valence-corrected chi connectivity index (χ4v) is 2.69. The van der Waals surface area contributed by atoms with Crippen molar-refractivity contribution in [1.82, 2.24) is 10.2 Å². The number of nitrogens with zero attached hydrogens (tertiary/aromatic N) is 1. The SMILES string of the molecule is C[C@@H](NC(=O)CN(C)CC(=O)Nc1ccc(Cl)c(C(F)(F)F)c1)c1ccco1. The van der Waals surface area contributed by atoms with Crippen LogP contribution in [0.1, 0.15) is 24.3 Å². The number of anilines is 1. The van der Waals surface area contributed by atoms with Crippen molar-refractivity contribution in [3.63, 3.8) is 0 Å². The number of carbonyl (C=O) groups excluding carboxylic acids is 2. The van der Waals surface area contributed by atoms with Crippen LogP contribution < -0.4 is 10.6 Å². The first-order valence-corrected chi connectivity index (χ1v) is 8.62. The highest BCUT2D eigenvalue weighted by atomic mass is 35.5. The third-order valence-electron chi connectivity index (χ3n) is 3.73. The minimum absolute atomic E-state index is 0.0361. The summed E-state index contributed by atoms with van der Waals surface area (Å²) in [6.45, 7) is 1.49. The number of alkyl halides is 3. The lowest BCUT2D eigenvalue weighted by atomic mass is 10.2. The molecule has 6 nitrogen and oxygen atoms in total. The number of amides is 2. The number of carbonyl (C=O) groups is 2. The second kappa shape index (κ2) is 9.11. The Morgan fingerprint density at radius 2 is 1.89 bits per heavy atom. The second-order valence-electron chi connectivity index (χ2n) is 6.22. The molecule has 0 spiro atoms. The Morgan fingerprint density at radius 1 is 1.21 bits per heavy atom. The van der Waals surface area contributed by atoms with Crippen molar-refractivity contribution in [1.29, 1.82) is 0 Å². The molecule has 1 heterocycles. The number of halogens is 4. The van der Waals surface area contributed by atoms with Gasteiger partial charge >= 0.3 is 6.18 Å². The monoisotopic (exact) mass is 417 g/mol. The Kier molecular flexibility index (Phi) is 7.09. The smallest absolute Gasteiger partial charge is 0.417 e. The molecule has 0 unspecified atom stereocenters. The molecule has 0 saturated heterocycles. The van der Waals surface area contributed by atoms with Gasteiger partial charge in [-0.15, -0.1) is 0 Å². The van der Waals surface area contributed by atoms with Gasteiger partial charge in [-0.3, -0.25) is 14.5 Å². The van der Waals surface area contributed by atoms with Crippen molar-refractivity contribution in [2.24, 2.45) is 0 Å². The first-order chi connectivity index (χ1) is 13.1. The molecule has 0 aliphatic carbocycles. The van der Waals surface area contributed by atoms with Crippen LogP contribution in [0.15, 0.2) is 41.0 Å². The number of hydrogen-bond acceptors (Lipinski definition) is 4. The van der Waals surface area contributed by atoms with E-state index in [0.717, 1.165) is 12.1 Å². The van der Waals surface area contributed by atoms with Crippen molar-refractivity contribution in [3.05, 3.63) is 52.9 Å². The van der Waals surface area contributed by atoms with Crippen molar-refractivity contribution < 1.29 is 27.2 Å². The molecule has 10 heteroatoms. The number of benzene rings is 1. The largest absolute Gasteiger partial charge is 0.467 e. The number of rotatable bonds is 7. The van der Waals surface area contributed by atoms with E-state index < -0.39 is 22.7 Å². The summed E-state index contributed by atoms with van der Waals surface area (Å²) >= 11 is 5.55. The number of hydrogen-bond donors (Lipinski definition) is 2. The molecule has 0 bridgehead atoms. The molecule has 0 aliphatic rings. The molecule has 1 atom stereocenters. The fraction of sp³-hybridized carbons (Fsp3) is 0.333. The van der Waals surface area contributed by atoms with Crippen molar-refractivity contribution in [2.75, 3.05) is 25.5 Å². The van der Waals surface area contributed by atoms with Gasteiger partial charge in [0.25, 0.3) is 0 Å². The third kappa shape index (κ3) is 6.28. The molecule has 1 aromatic heterocycles. The van der Waals surface area contributed by atoms with E-state index in [-0.39, 0.29) is 30.7 Å². The van der Waals surface area contributed by atoms with Crippen LogP contribution in [0.3, 0.4) is 0 Å². The average Bonchev–Trinajstić information content (AvgIpc) is 3.09. The van der Waals surface area contributed by atoms with E-state index >= 15 is 0 Å². The highest BCUT2D eigenvalue weighted by Crippen LogP contribution is 2.36. The van der Waals surface area contributed by atoms with Crippen LogP contribution in [0.5, 0.6) is 0 Å². The number of nitrogens with one attached hydrogen (secondary N) is 2. The summed E-state index contributed by atoms with van der Waals surface area (Å²) in [7, 11) is 1.54. The van der Waals surface area contributed by atoms with E-state index in [9.17, 15) is 22.8 Å². The highest BCUT2D eigenvalue weighted by molar-refractivity contribution is 6.31. The summed E-state index contributed by atoms with van der Waals surface area (Å²) in [4.78, 5) is 25.5. The summed E-state index contributed by atoms with van der Waals surface area (Å²) in [5, 5.41) is 4.63. The topological polar surface area (TPSA) is 74.6 Å². The summed E-state index contributed by atoms with van der Waals surface area (Å²) in [6, 6.07) is 6.19. The van der Waals surface area contributed by atoms with Gasteiger partial charge in [-0.2, -0.15) is 13.2 Å². The molecule has 2 aromatic rings. The summed E-state index contributed by atoms with van der Waals surface area (Å²) in [6.07, 6.45) is -3.13. The molecule has 0 aliphatic heterocycles. The molecular formula is C18H19ClF3N3O3. The standard InChI is InChI=1S/C18H19ClF3N3O3/c1-11(15-4-3-7-28-15)23-16(26)9-25(2)10-17(27)24-12-5-6-14(19)13(8-12)18(20,21)22/h3-8,11H,9-10H2,1-2H3,(H,23,26)(H,24,27)/t11-/m1/s1. The molecule has 2 amide bonds. The summed E-state index contributed by atoms with van der Waals surface area (Å²) in [5.41, 5.74) is -1.07.